The van der Waals surface area contributed by atoms with Gasteiger partial charge in [0.1, 0.15) is 12.2 Å². The number of aliphatic hydroxyl groups excluding tert-OH is 2. The first kappa shape index (κ1) is 19.1. The SMILES string of the molecule is C=[C-]NC1C(C)C(C)OC1C(O)CO.[Ru].[W]. The topological polar surface area (TPSA) is 61.7 Å². The molecule has 1 aliphatic rings. The molecule has 96 valence electrons. The summed E-state index contributed by atoms with van der Waals surface area (Å²) >= 11 is 0. The Bertz CT molecular complexity index is 209. The fourth-order valence-corrected chi connectivity index (χ4v) is 1.81. The average Bonchev–Trinajstić information content (AvgIpc) is 2.45. The zero-order valence-corrected chi connectivity index (χ0v) is 14.0. The fourth-order valence-electron chi connectivity index (χ4n) is 1.81. The van der Waals surface area contributed by atoms with E-state index in [0.717, 1.165) is 0 Å². The van der Waals surface area contributed by atoms with Gasteiger partial charge in [0.2, 0.25) is 0 Å². The standard InChI is InChI=1S/C10H18NO3.Ru.W/c1-4-11-9-6(2)7(3)14-10(9)8(13)5-12;;/h6-13H,1,5H2,2-3H3;;/q-1;;. The molecule has 1 saturated heterocycles. The van der Waals surface area contributed by atoms with Crippen LogP contribution in [0.5, 0.6) is 0 Å². The minimum absolute atomic E-state index is 0. The molecule has 1 fully saturated rings. The molecule has 0 aromatic carbocycles. The van der Waals surface area contributed by atoms with E-state index in [1.165, 1.54) is 0 Å². The molecule has 0 saturated carbocycles. The zero-order valence-electron chi connectivity index (χ0n) is 9.37. The van der Waals surface area contributed by atoms with Crippen LogP contribution in [-0.2, 0) is 45.3 Å². The van der Waals surface area contributed by atoms with Crippen molar-refractivity contribution in [3.8, 4) is 0 Å². The van der Waals surface area contributed by atoms with Crippen molar-refractivity contribution < 1.29 is 55.5 Å². The van der Waals surface area contributed by atoms with E-state index in [0.29, 0.717) is 0 Å². The molecular formula is C10H18NO3RuW-. The van der Waals surface area contributed by atoms with E-state index in [4.69, 9.17) is 9.84 Å². The van der Waals surface area contributed by atoms with Crippen LogP contribution in [0, 0.1) is 12.1 Å². The van der Waals surface area contributed by atoms with Crippen LogP contribution in [-0.4, -0.2) is 41.2 Å². The molecule has 1 aliphatic heterocycles. The zero-order chi connectivity index (χ0) is 10.7. The molecule has 16 heavy (non-hydrogen) atoms. The second kappa shape index (κ2) is 8.77. The first-order chi connectivity index (χ1) is 6.61. The van der Waals surface area contributed by atoms with Gasteiger partial charge in [-0.2, -0.15) is 0 Å². The summed E-state index contributed by atoms with van der Waals surface area (Å²) in [5, 5.41) is 21.3. The van der Waals surface area contributed by atoms with E-state index < -0.39 is 6.10 Å². The molecule has 5 unspecified atom stereocenters. The van der Waals surface area contributed by atoms with Crippen molar-refractivity contribution in [2.24, 2.45) is 5.92 Å². The normalized spacial score (nSPS) is 34.5. The third-order valence-corrected chi connectivity index (χ3v) is 2.87. The van der Waals surface area contributed by atoms with Gasteiger partial charge in [-0.3, -0.25) is 6.58 Å². The van der Waals surface area contributed by atoms with Crippen molar-refractivity contribution in [3.05, 3.63) is 12.8 Å². The molecule has 0 spiro atoms. The van der Waals surface area contributed by atoms with Gasteiger partial charge in [0.15, 0.2) is 0 Å². The maximum atomic E-state index is 9.53. The Hall–Kier alpha value is 0.732. The molecule has 4 nitrogen and oxygen atoms in total. The van der Waals surface area contributed by atoms with E-state index in [2.05, 4.69) is 18.1 Å². The van der Waals surface area contributed by atoms with Gasteiger partial charge in [-0.25, -0.2) is 0 Å². The second-order valence-corrected chi connectivity index (χ2v) is 3.76. The van der Waals surface area contributed by atoms with Crippen LogP contribution < -0.4 is 5.32 Å². The largest absolute Gasteiger partial charge is 0.563 e. The van der Waals surface area contributed by atoms with Gasteiger partial charge in [0.05, 0.1) is 12.7 Å². The Morgan fingerprint density at radius 3 is 2.50 bits per heavy atom. The predicted octanol–water partition coefficient (Wildman–Crippen LogP) is -0.337. The number of hydrogen-bond acceptors (Lipinski definition) is 4. The van der Waals surface area contributed by atoms with Crippen LogP contribution in [0.15, 0.2) is 6.58 Å². The minimum atomic E-state index is -0.853. The van der Waals surface area contributed by atoms with Gasteiger partial charge in [0.25, 0.3) is 0 Å². The van der Waals surface area contributed by atoms with Crippen molar-refractivity contribution in [1.29, 1.82) is 0 Å². The van der Waals surface area contributed by atoms with Crippen LogP contribution in [0.2, 0.25) is 0 Å². The number of aliphatic hydroxyl groups is 2. The van der Waals surface area contributed by atoms with Crippen LogP contribution in [0.1, 0.15) is 13.8 Å². The molecule has 0 amide bonds. The molecule has 0 bridgehead atoms. The molecule has 0 aliphatic carbocycles. The van der Waals surface area contributed by atoms with Gasteiger partial charge >= 0.3 is 0 Å². The summed E-state index contributed by atoms with van der Waals surface area (Å²) in [7, 11) is 0. The second-order valence-electron chi connectivity index (χ2n) is 3.76. The van der Waals surface area contributed by atoms with Crippen molar-refractivity contribution >= 4 is 0 Å². The minimum Gasteiger partial charge on any atom is -0.563 e. The quantitative estimate of drug-likeness (QED) is 0.290. The summed E-state index contributed by atoms with van der Waals surface area (Å²) in [6.07, 6.45) is 1.42. The third kappa shape index (κ3) is 4.20. The molecule has 0 radical (unpaired) electrons. The number of hydrogen-bond donors (Lipinski definition) is 3. The van der Waals surface area contributed by atoms with Crippen molar-refractivity contribution in [3.63, 3.8) is 0 Å². The first-order valence-corrected chi connectivity index (χ1v) is 4.83. The Labute approximate surface area is 124 Å². The van der Waals surface area contributed by atoms with E-state index in [9.17, 15) is 5.11 Å². The summed E-state index contributed by atoms with van der Waals surface area (Å²) in [5.74, 6) is 0.260. The number of rotatable bonds is 4. The van der Waals surface area contributed by atoms with Gasteiger partial charge in [0, 0.05) is 52.5 Å². The van der Waals surface area contributed by atoms with Crippen molar-refractivity contribution in [2.45, 2.75) is 38.2 Å². The summed E-state index contributed by atoms with van der Waals surface area (Å²) in [6.45, 7) is 7.16. The molecule has 1 heterocycles. The van der Waals surface area contributed by atoms with Crippen LogP contribution in [0.3, 0.4) is 0 Å². The van der Waals surface area contributed by atoms with E-state index in [1.54, 1.807) is 0 Å². The maximum absolute atomic E-state index is 9.53. The molecule has 0 aromatic rings. The smallest absolute Gasteiger partial charge is 0.105 e. The number of ether oxygens (including phenoxy) is 1. The summed E-state index contributed by atoms with van der Waals surface area (Å²) < 4.78 is 5.55. The Morgan fingerprint density at radius 1 is 1.50 bits per heavy atom. The van der Waals surface area contributed by atoms with Crippen LogP contribution >= 0.6 is 0 Å². The van der Waals surface area contributed by atoms with Gasteiger partial charge in [-0.15, -0.1) is 0 Å². The third-order valence-electron chi connectivity index (χ3n) is 2.87. The predicted molar refractivity (Wildman–Crippen MR) is 52.4 cm³/mol. The number of nitrogens with one attached hydrogen (secondary N) is 1. The van der Waals surface area contributed by atoms with Crippen molar-refractivity contribution in [1.82, 2.24) is 5.32 Å². The molecular weight excluding hydrogens is 467 g/mol. The van der Waals surface area contributed by atoms with Crippen LogP contribution in [0.4, 0.5) is 0 Å². The van der Waals surface area contributed by atoms with Crippen molar-refractivity contribution in [2.75, 3.05) is 6.61 Å². The first-order valence-electron chi connectivity index (χ1n) is 4.83. The van der Waals surface area contributed by atoms with Gasteiger partial charge in [-0.05, 0) is 6.92 Å². The van der Waals surface area contributed by atoms with E-state index in [-0.39, 0.29) is 71.3 Å². The van der Waals surface area contributed by atoms with E-state index >= 15 is 0 Å². The Kier molecular flexibility index (Phi) is 10.5. The van der Waals surface area contributed by atoms with Crippen LogP contribution in [0.25, 0.3) is 0 Å². The Balaban J connectivity index is 0. The molecule has 1 rings (SSSR count). The van der Waals surface area contributed by atoms with Gasteiger partial charge < -0.3 is 26.5 Å². The molecule has 5 atom stereocenters. The fraction of sp³-hybridized carbons (Fsp3) is 0.800. The Morgan fingerprint density at radius 2 is 2.06 bits per heavy atom. The summed E-state index contributed by atoms with van der Waals surface area (Å²) in [4.78, 5) is 0. The average molecular weight is 485 g/mol. The van der Waals surface area contributed by atoms with Gasteiger partial charge in [-0.1, -0.05) is 6.92 Å². The summed E-state index contributed by atoms with van der Waals surface area (Å²) in [6, 6.07) is -0.0374. The van der Waals surface area contributed by atoms with E-state index in [1.807, 2.05) is 13.8 Å². The molecule has 6 heteroatoms. The summed E-state index contributed by atoms with van der Waals surface area (Å²) in [5.41, 5.74) is 0. The molecule has 3 N–H and O–H groups in total. The monoisotopic (exact) mass is 486 g/mol. The molecule has 0 aromatic heterocycles. The maximum Gasteiger partial charge on any atom is 0.105 e.